The lowest BCUT2D eigenvalue weighted by atomic mass is 10.1. The van der Waals surface area contributed by atoms with E-state index in [1.165, 1.54) is 0 Å². The van der Waals surface area contributed by atoms with Crippen LogP contribution in [0.5, 0.6) is 5.75 Å². The first kappa shape index (κ1) is 15.3. The number of benzene rings is 1. The Bertz CT molecular complexity index is 382. The summed E-state index contributed by atoms with van der Waals surface area (Å²) in [5.41, 5.74) is 1.15. The zero-order valence-corrected chi connectivity index (χ0v) is 12.5. The molecule has 0 heterocycles. The number of hydrogen-bond donors (Lipinski definition) is 2. The molecule has 0 aliphatic carbocycles. The van der Waals surface area contributed by atoms with Crippen molar-refractivity contribution in [1.29, 1.82) is 0 Å². The van der Waals surface area contributed by atoms with Gasteiger partial charge >= 0.3 is 0 Å². The molecule has 0 aliphatic heterocycles. The number of rotatable bonds is 6. The van der Waals surface area contributed by atoms with Gasteiger partial charge in [0.05, 0.1) is 13.2 Å². The van der Waals surface area contributed by atoms with Crippen LogP contribution in [0.15, 0.2) is 23.1 Å². The molecule has 1 aromatic carbocycles. The molecule has 0 saturated carbocycles. The largest absolute Gasteiger partial charge is 0.496 e. The van der Waals surface area contributed by atoms with Crippen LogP contribution >= 0.6 is 11.8 Å². The highest BCUT2D eigenvalue weighted by molar-refractivity contribution is 8.00. The third kappa shape index (κ3) is 3.64. The molecule has 0 aromatic heterocycles. The molecule has 0 aliphatic rings. The van der Waals surface area contributed by atoms with Crippen molar-refractivity contribution in [3.63, 3.8) is 0 Å². The standard InChI is InChI=1S/C14H23NO2S/c1-9(15-4)14-12(17-5)7-6-8-13(14)18-11(3)10(2)16/h6-11,15-16H,1-5H3. The fourth-order valence-electron chi connectivity index (χ4n) is 1.67. The first-order valence-electron chi connectivity index (χ1n) is 6.20. The number of aliphatic hydroxyl groups excluding tert-OH is 1. The van der Waals surface area contributed by atoms with Crippen LogP contribution in [0.1, 0.15) is 32.4 Å². The minimum Gasteiger partial charge on any atom is -0.496 e. The second-order valence-electron chi connectivity index (χ2n) is 4.45. The highest BCUT2D eigenvalue weighted by Gasteiger charge is 2.18. The van der Waals surface area contributed by atoms with E-state index in [0.717, 1.165) is 16.2 Å². The normalized spacial score (nSPS) is 16.1. The Morgan fingerprint density at radius 2 is 1.94 bits per heavy atom. The van der Waals surface area contributed by atoms with E-state index in [4.69, 9.17) is 4.74 Å². The van der Waals surface area contributed by atoms with Gasteiger partial charge in [-0.15, -0.1) is 11.8 Å². The first-order valence-corrected chi connectivity index (χ1v) is 7.08. The Morgan fingerprint density at radius 1 is 1.28 bits per heavy atom. The number of aliphatic hydroxyl groups is 1. The topological polar surface area (TPSA) is 41.5 Å². The molecule has 4 heteroatoms. The molecule has 18 heavy (non-hydrogen) atoms. The van der Waals surface area contributed by atoms with Gasteiger partial charge in [-0.1, -0.05) is 13.0 Å². The van der Waals surface area contributed by atoms with Gasteiger partial charge in [0.1, 0.15) is 5.75 Å². The molecule has 0 radical (unpaired) electrons. The Balaban J connectivity index is 3.10. The van der Waals surface area contributed by atoms with Gasteiger partial charge in [0, 0.05) is 21.8 Å². The van der Waals surface area contributed by atoms with Crippen LogP contribution < -0.4 is 10.1 Å². The smallest absolute Gasteiger partial charge is 0.124 e. The van der Waals surface area contributed by atoms with Gasteiger partial charge < -0.3 is 15.2 Å². The van der Waals surface area contributed by atoms with E-state index >= 15 is 0 Å². The lowest BCUT2D eigenvalue weighted by Gasteiger charge is -2.21. The summed E-state index contributed by atoms with van der Waals surface area (Å²) in [6.45, 7) is 5.95. The molecule has 0 fully saturated rings. The summed E-state index contributed by atoms with van der Waals surface area (Å²) in [5, 5.41) is 13.0. The summed E-state index contributed by atoms with van der Waals surface area (Å²) >= 11 is 1.68. The predicted molar refractivity (Wildman–Crippen MR) is 77.5 cm³/mol. The summed E-state index contributed by atoms with van der Waals surface area (Å²) in [6.07, 6.45) is -0.334. The average molecular weight is 269 g/mol. The van der Waals surface area contributed by atoms with Gasteiger partial charge in [0.2, 0.25) is 0 Å². The number of methoxy groups -OCH3 is 1. The highest BCUT2D eigenvalue weighted by Crippen LogP contribution is 2.37. The van der Waals surface area contributed by atoms with E-state index in [-0.39, 0.29) is 17.4 Å². The number of hydrogen-bond acceptors (Lipinski definition) is 4. The summed E-state index contributed by atoms with van der Waals surface area (Å²) in [7, 11) is 3.62. The van der Waals surface area contributed by atoms with Crippen LogP contribution in [0.3, 0.4) is 0 Å². The van der Waals surface area contributed by atoms with Crippen molar-refractivity contribution in [3.05, 3.63) is 23.8 Å². The molecule has 1 rings (SSSR count). The molecule has 2 N–H and O–H groups in total. The third-order valence-corrected chi connectivity index (χ3v) is 4.48. The molecule has 0 bridgehead atoms. The van der Waals surface area contributed by atoms with Crippen molar-refractivity contribution >= 4 is 11.8 Å². The predicted octanol–water partition coefficient (Wildman–Crippen LogP) is 2.84. The van der Waals surface area contributed by atoms with Crippen LogP contribution in [-0.2, 0) is 0 Å². The van der Waals surface area contributed by atoms with Crippen molar-refractivity contribution in [2.24, 2.45) is 0 Å². The maximum atomic E-state index is 9.63. The van der Waals surface area contributed by atoms with Gasteiger partial charge in [-0.2, -0.15) is 0 Å². The molecule has 3 atom stereocenters. The van der Waals surface area contributed by atoms with Gasteiger partial charge in [-0.05, 0) is 33.0 Å². The van der Waals surface area contributed by atoms with Crippen molar-refractivity contribution in [2.45, 2.75) is 43.1 Å². The van der Waals surface area contributed by atoms with Crippen molar-refractivity contribution in [2.75, 3.05) is 14.2 Å². The Hall–Kier alpha value is -0.710. The molecule has 3 nitrogen and oxygen atoms in total. The first-order chi connectivity index (χ1) is 8.51. The highest BCUT2D eigenvalue weighted by atomic mass is 32.2. The third-order valence-electron chi connectivity index (χ3n) is 3.10. The fourth-order valence-corrected chi connectivity index (χ4v) is 2.83. The summed E-state index contributed by atoms with van der Waals surface area (Å²) in [6, 6.07) is 6.25. The van der Waals surface area contributed by atoms with Gasteiger partial charge in [-0.25, -0.2) is 0 Å². The van der Waals surface area contributed by atoms with Gasteiger partial charge in [-0.3, -0.25) is 0 Å². The van der Waals surface area contributed by atoms with Crippen LogP contribution in [0.2, 0.25) is 0 Å². The summed E-state index contributed by atoms with van der Waals surface area (Å²) in [4.78, 5) is 1.16. The van der Waals surface area contributed by atoms with Crippen LogP contribution in [0, 0.1) is 0 Å². The van der Waals surface area contributed by atoms with E-state index in [1.807, 2.05) is 33.0 Å². The van der Waals surface area contributed by atoms with Crippen LogP contribution in [-0.4, -0.2) is 30.6 Å². The summed E-state index contributed by atoms with van der Waals surface area (Å²) < 4.78 is 5.44. The van der Waals surface area contributed by atoms with Crippen molar-refractivity contribution < 1.29 is 9.84 Å². The van der Waals surface area contributed by atoms with E-state index in [9.17, 15) is 5.11 Å². The SMILES string of the molecule is CNC(C)c1c(OC)cccc1SC(C)C(C)O. The zero-order chi connectivity index (χ0) is 13.7. The van der Waals surface area contributed by atoms with E-state index in [0.29, 0.717) is 0 Å². The molecule has 0 saturated heterocycles. The van der Waals surface area contributed by atoms with Crippen molar-refractivity contribution in [1.82, 2.24) is 5.32 Å². The Morgan fingerprint density at radius 3 is 2.44 bits per heavy atom. The number of nitrogens with one attached hydrogen (secondary N) is 1. The second kappa shape index (κ2) is 7.02. The molecule has 3 unspecified atom stereocenters. The van der Waals surface area contributed by atoms with Crippen molar-refractivity contribution in [3.8, 4) is 5.75 Å². The average Bonchev–Trinajstić information content (AvgIpc) is 2.37. The minimum absolute atomic E-state index is 0.153. The molecule has 0 spiro atoms. The monoisotopic (exact) mass is 269 g/mol. The minimum atomic E-state index is -0.334. The van der Waals surface area contributed by atoms with E-state index in [2.05, 4.69) is 18.3 Å². The molecule has 102 valence electrons. The maximum absolute atomic E-state index is 9.63. The quantitative estimate of drug-likeness (QED) is 0.779. The maximum Gasteiger partial charge on any atom is 0.124 e. The van der Waals surface area contributed by atoms with Gasteiger partial charge in [0.25, 0.3) is 0 Å². The lowest BCUT2D eigenvalue weighted by Crippen LogP contribution is -2.18. The Kier molecular flexibility index (Phi) is 5.99. The van der Waals surface area contributed by atoms with E-state index in [1.54, 1.807) is 18.9 Å². The molecular formula is C14H23NO2S. The number of thioether (sulfide) groups is 1. The molecule has 0 amide bonds. The summed E-state index contributed by atoms with van der Waals surface area (Å²) in [5.74, 6) is 0.889. The molecule has 1 aromatic rings. The van der Waals surface area contributed by atoms with Crippen LogP contribution in [0.4, 0.5) is 0 Å². The van der Waals surface area contributed by atoms with Crippen LogP contribution in [0.25, 0.3) is 0 Å². The zero-order valence-electron chi connectivity index (χ0n) is 11.7. The fraction of sp³-hybridized carbons (Fsp3) is 0.571. The second-order valence-corrected chi connectivity index (χ2v) is 5.87. The number of ether oxygens (including phenoxy) is 1. The lowest BCUT2D eigenvalue weighted by molar-refractivity contribution is 0.196. The Labute approximate surface area is 114 Å². The van der Waals surface area contributed by atoms with E-state index < -0.39 is 0 Å². The molecular weight excluding hydrogens is 246 g/mol. The van der Waals surface area contributed by atoms with Gasteiger partial charge in [0.15, 0.2) is 0 Å².